The van der Waals surface area contributed by atoms with Gasteiger partial charge in [0.1, 0.15) is 0 Å². The van der Waals surface area contributed by atoms with E-state index < -0.39 is 0 Å². The molecule has 5 heteroatoms. The van der Waals surface area contributed by atoms with Crippen molar-refractivity contribution in [1.29, 1.82) is 0 Å². The maximum absolute atomic E-state index is 6.01. The quantitative estimate of drug-likeness (QED) is 0.853. The third-order valence-electron chi connectivity index (χ3n) is 5.15. The smallest absolute Gasteiger partial charge is 0.0593 e. The second-order valence-corrected chi connectivity index (χ2v) is 8.19. The summed E-state index contributed by atoms with van der Waals surface area (Å²) in [5, 5.41) is 2.17. The molecule has 0 amide bonds. The lowest BCUT2D eigenvalue weighted by atomic mass is 9.87. The first-order valence-electron chi connectivity index (χ1n) is 8.75. The molecule has 2 aromatic heterocycles. The Morgan fingerprint density at radius 2 is 1.92 bits per heavy atom. The Balaban J connectivity index is 1.40. The summed E-state index contributed by atoms with van der Waals surface area (Å²) in [5.41, 5.74) is 1.64. The molecule has 0 N–H and O–H groups in total. The first-order valence-corrected chi connectivity index (χ1v) is 9.63. The van der Waals surface area contributed by atoms with E-state index in [1.54, 1.807) is 0 Å². The van der Waals surface area contributed by atoms with E-state index in [1.807, 2.05) is 23.7 Å². The van der Waals surface area contributed by atoms with E-state index in [0.29, 0.717) is 5.41 Å². The highest BCUT2D eigenvalue weighted by molar-refractivity contribution is 7.09. The number of ether oxygens (including phenoxy) is 1. The highest BCUT2D eigenvalue weighted by atomic mass is 32.1. The standard InChI is InChI=1S/C19H25N3OS/c1-2-18(24-11-1)13-21-8-5-19(14-21)15-22(9-10-23-16-19)12-17-3-6-20-7-4-17/h1-4,6-7,11H,5,8-10,12-16H2. The van der Waals surface area contributed by atoms with Crippen LogP contribution in [-0.2, 0) is 17.8 Å². The van der Waals surface area contributed by atoms with Crippen molar-refractivity contribution in [2.24, 2.45) is 5.41 Å². The van der Waals surface area contributed by atoms with E-state index in [4.69, 9.17) is 4.74 Å². The number of rotatable bonds is 4. The van der Waals surface area contributed by atoms with Gasteiger partial charge in [-0.3, -0.25) is 14.8 Å². The molecular formula is C19H25N3OS. The van der Waals surface area contributed by atoms with Crippen LogP contribution in [0.25, 0.3) is 0 Å². The Labute approximate surface area is 148 Å². The predicted molar refractivity (Wildman–Crippen MR) is 97.0 cm³/mol. The molecule has 0 aliphatic carbocycles. The van der Waals surface area contributed by atoms with E-state index in [-0.39, 0.29) is 0 Å². The van der Waals surface area contributed by atoms with Gasteiger partial charge in [-0.2, -0.15) is 0 Å². The van der Waals surface area contributed by atoms with Gasteiger partial charge in [0, 0.05) is 55.4 Å². The summed E-state index contributed by atoms with van der Waals surface area (Å²) >= 11 is 1.86. The van der Waals surface area contributed by atoms with Crippen LogP contribution in [0.2, 0.25) is 0 Å². The number of nitrogens with zero attached hydrogens (tertiary/aromatic N) is 3. The van der Waals surface area contributed by atoms with Crippen molar-refractivity contribution in [1.82, 2.24) is 14.8 Å². The van der Waals surface area contributed by atoms with E-state index in [2.05, 4.69) is 44.4 Å². The van der Waals surface area contributed by atoms with Gasteiger partial charge in [0.25, 0.3) is 0 Å². The predicted octanol–water partition coefficient (Wildman–Crippen LogP) is 2.87. The fraction of sp³-hybridized carbons (Fsp3) is 0.526. The molecule has 2 aliphatic heterocycles. The van der Waals surface area contributed by atoms with Gasteiger partial charge < -0.3 is 4.74 Å². The molecule has 0 saturated carbocycles. The first-order chi connectivity index (χ1) is 11.8. The molecule has 4 rings (SSSR count). The second kappa shape index (κ2) is 7.31. The van der Waals surface area contributed by atoms with Crippen molar-refractivity contribution in [2.45, 2.75) is 19.5 Å². The van der Waals surface area contributed by atoms with Gasteiger partial charge in [0.05, 0.1) is 13.2 Å². The van der Waals surface area contributed by atoms with Crippen LogP contribution >= 0.6 is 11.3 Å². The minimum atomic E-state index is 0.292. The van der Waals surface area contributed by atoms with Crippen LogP contribution in [0.15, 0.2) is 42.0 Å². The van der Waals surface area contributed by atoms with Crippen molar-refractivity contribution in [3.63, 3.8) is 0 Å². The average Bonchev–Trinajstić information content (AvgIpc) is 3.19. The van der Waals surface area contributed by atoms with Crippen LogP contribution in [-0.4, -0.2) is 54.2 Å². The maximum Gasteiger partial charge on any atom is 0.0593 e. The van der Waals surface area contributed by atoms with Crippen LogP contribution in [0.1, 0.15) is 16.9 Å². The van der Waals surface area contributed by atoms with Crippen molar-refractivity contribution in [3.05, 3.63) is 52.5 Å². The third kappa shape index (κ3) is 3.86. The zero-order chi connectivity index (χ0) is 16.2. The average molecular weight is 343 g/mol. The molecule has 2 aromatic rings. The number of hydrogen-bond donors (Lipinski definition) is 0. The lowest BCUT2D eigenvalue weighted by molar-refractivity contribution is 0.0707. The summed E-state index contributed by atoms with van der Waals surface area (Å²) in [6.07, 6.45) is 5.01. The molecule has 2 aliphatic rings. The summed E-state index contributed by atoms with van der Waals surface area (Å²) in [7, 11) is 0. The minimum absolute atomic E-state index is 0.292. The molecule has 24 heavy (non-hydrogen) atoms. The van der Waals surface area contributed by atoms with Crippen molar-refractivity contribution in [3.8, 4) is 0 Å². The number of thiophene rings is 1. The fourth-order valence-electron chi connectivity index (χ4n) is 4.00. The van der Waals surface area contributed by atoms with E-state index >= 15 is 0 Å². The Morgan fingerprint density at radius 3 is 2.71 bits per heavy atom. The number of pyridine rings is 1. The summed E-state index contributed by atoms with van der Waals surface area (Å²) in [4.78, 5) is 10.8. The second-order valence-electron chi connectivity index (χ2n) is 7.16. The molecule has 128 valence electrons. The van der Waals surface area contributed by atoms with Gasteiger partial charge >= 0.3 is 0 Å². The maximum atomic E-state index is 6.01. The molecule has 1 atom stereocenters. The lowest BCUT2D eigenvalue weighted by Crippen LogP contribution is -2.40. The van der Waals surface area contributed by atoms with E-state index in [1.165, 1.54) is 23.4 Å². The van der Waals surface area contributed by atoms with Crippen LogP contribution < -0.4 is 0 Å². The fourth-order valence-corrected chi connectivity index (χ4v) is 4.74. The van der Waals surface area contributed by atoms with E-state index in [9.17, 15) is 0 Å². The molecule has 1 spiro atoms. The highest BCUT2D eigenvalue weighted by Gasteiger charge is 2.41. The molecular weight excluding hydrogens is 318 g/mol. The molecule has 2 saturated heterocycles. The number of likely N-dealkylation sites (tertiary alicyclic amines) is 1. The van der Waals surface area contributed by atoms with Crippen LogP contribution in [0.4, 0.5) is 0 Å². The molecule has 2 fully saturated rings. The Bertz CT molecular complexity index is 633. The molecule has 1 unspecified atom stereocenters. The largest absolute Gasteiger partial charge is 0.379 e. The van der Waals surface area contributed by atoms with Gasteiger partial charge in [-0.05, 0) is 42.1 Å². The Morgan fingerprint density at radius 1 is 1.08 bits per heavy atom. The van der Waals surface area contributed by atoms with Gasteiger partial charge in [0.2, 0.25) is 0 Å². The number of hydrogen-bond acceptors (Lipinski definition) is 5. The van der Waals surface area contributed by atoms with Crippen molar-refractivity contribution < 1.29 is 4.74 Å². The normalized spacial score (nSPS) is 26.0. The molecule has 0 bridgehead atoms. The van der Waals surface area contributed by atoms with Crippen LogP contribution in [0.3, 0.4) is 0 Å². The Hall–Kier alpha value is -1.27. The minimum Gasteiger partial charge on any atom is -0.379 e. The van der Waals surface area contributed by atoms with Gasteiger partial charge in [-0.1, -0.05) is 6.07 Å². The molecule has 4 nitrogen and oxygen atoms in total. The first kappa shape index (κ1) is 16.2. The Kier molecular flexibility index (Phi) is 4.94. The molecule has 0 radical (unpaired) electrons. The topological polar surface area (TPSA) is 28.6 Å². The highest BCUT2D eigenvalue weighted by Crippen LogP contribution is 2.34. The van der Waals surface area contributed by atoms with Crippen LogP contribution in [0, 0.1) is 5.41 Å². The van der Waals surface area contributed by atoms with Crippen LogP contribution in [0.5, 0.6) is 0 Å². The summed E-state index contributed by atoms with van der Waals surface area (Å²) < 4.78 is 6.01. The molecule has 4 heterocycles. The van der Waals surface area contributed by atoms with E-state index in [0.717, 1.165) is 45.9 Å². The van der Waals surface area contributed by atoms with Gasteiger partial charge in [-0.15, -0.1) is 11.3 Å². The third-order valence-corrected chi connectivity index (χ3v) is 6.01. The lowest BCUT2D eigenvalue weighted by Gasteiger charge is -2.32. The van der Waals surface area contributed by atoms with Gasteiger partial charge in [0.15, 0.2) is 0 Å². The summed E-state index contributed by atoms with van der Waals surface area (Å²) in [6, 6.07) is 8.64. The summed E-state index contributed by atoms with van der Waals surface area (Å²) in [6.45, 7) is 8.33. The van der Waals surface area contributed by atoms with Crippen molar-refractivity contribution in [2.75, 3.05) is 39.4 Å². The SMILES string of the molecule is c1csc(CN2CCC3(COCCN(Cc4ccncc4)C3)C2)c1. The van der Waals surface area contributed by atoms with Gasteiger partial charge in [-0.25, -0.2) is 0 Å². The zero-order valence-corrected chi connectivity index (χ0v) is 14.9. The van der Waals surface area contributed by atoms with Crippen molar-refractivity contribution >= 4 is 11.3 Å². The monoisotopic (exact) mass is 343 g/mol. The summed E-state index contributed by atoms with van der Waals surface area (Å²) in [5.74, 6) is 0. The number of aromatic nitrogens is 1. The zero-order valence-electron chi connectivity index (χ0n) is 14.1. The molecule has 0 aromatic carbocycles.